The van der Waals surface area contributed by atoms with Crippen molar-refractivity contribution in [1.29, 1.82) is 0 Å². The average Bonchev–Trinajstić information content (AvgIpc) is 2.61. The summed E-state index contributed by atoms with van der Waals surface area (Å²) in [4.78, 5) is 24.5. The fourth-order valence-corrected chi connectivity index (χ4v) is 2.34. The fourth-order valence-electron chi connectivity index (χ4n) is 2.34. The standard InChI is InChI=1S/C18H21BN2O4/c1-13-7-9-14(10-8-13)16(11-17(22)20-12-19(24)25)21-18(23)15-5-3-2-4-6-15/h2-10,16,24-25H,11-12H2,1H3,(H,20,22)(H,21,23). The zero-order valence-corrected chi connectivity index (χ0v) is 14.0. The van der Waals surface area contributed by atoms with Gasteiger partial charge in [0.2, 0.25) is 5.91 Å². The number of amides is 2. The maximum atomic E-state index is 12.4. The van der Waals surface area contributed by atoms with E-state index < -0.39 is 13.2 Å². The number of carbonyl (C=O) groups excluding carboxylic acids is 2. The molecule has 2 amide bonds. The summed E-state index contributed by atoms with van der Waals surface area (Å²) in [7, 11) is -1.61. The van der Waals surface area contributed by atoms with Crippen LogP contribution in [0.4, 0.5) is 0 Å². The third kappa shape index (κ3) is 6.06. The molecule has 2 aromatic rings. The molecule has 0 aliphatic rings. The number of carbonyl (C=O) groups is 2. The molecule has 2 aromatic carbocycles. The molecule has 2 rings (SSSR count). The third-order valence-corrected chi connectivity index (χ3v) is 3.69. The zero-order chi connectivity index (χ0) is 18.2. The van der Waals surface area contributed by atoms with Gasteiger partial charge in [0.1, 0.15) is 0 Å². The van der Waals surface area contributed by atoms with Gasteiger partial charge in [0.15, 0.2) is 0 Å². The van der Waals surface area contributed by atoms with E-state index in [9.17, 15) is 9.59 Å². The second-order valence-electron chi connectivity index (χ2n) is 5.79. The summed E-state index contributed by atoms with van der Waals surface area (Å²) in [6.45, 7) is 1.96. The molecule has 0 bridgehead atoms. The van der Waals surface area contributed by atoms with Crippen molar-refractivity contribution in [1.82, 2.24) is 10.6 Å². The topological polar surface area (TPSA) is 98.7 Å². The van der Waals surface area contributed by atoms with Gasteiger partial charge in [0.05, 0.1) is 18.9 Å². The number of hydrogen-bond acceptors (Lipinski definition) is 4. The van der Waals surface area contributed by atoms with Crippen LogP contribution < -0.4 is 10.6 Å². The smallest absolute Gasteiger partial charge is 0.426 e. The van der Waals surface area contributed by atoms with E-state index in [1.54, 1.807) is 24.3 Å². The van der Waals surface area contributed by atoms with Crippen LogP contribution in [0.5, 0.6) is 0 Å². The van der Waals surface area contributed by atoms with Crippen LogP contribution in [-0.2, 0) is 4.79 Å². The van der Waals surface area contributed by atoms with Crippen molar-refractivity contribution < 1.29 is 19.6 Å². The monoisotopic (exact) mass is 340 g/mol. The molecular weight excluding hydrogens is 319 g/mol. The molecular formula is C18H21BN2O4. The van der Waals surface area contributed by atoms with Gasteiger partial charge in [-0.05, 0) is 24.6 Å². The van der Waals surface area contributed by atoms with Crippen LogP contribution in [0, 0.1) is 6.92 Å². The lowest BCUT2D eigenvalue weighted by atomic mass is 9.92. The van der Waals surface area contributed by atoms with Crippen molar-refractivity contribution in [3.8, 4) is 0 Å². The van der Waals surface area contributed by atoms with Gasteiger partial charge in [-0.25, -0.2) is 0 Å². The number of aryl methyl sites for hydroxylation is 1. The Labute approximate surface area is 147 Å². The quantitative estimate of drug-likeness (QED) is 0.565. The van der Waals surface area contributed by atoms with Gasteiger partial charge in [-0.2, -0.15) is 0 Å². The first-order valence-corrected chi connectivity index (χ1v) is 8.01. The highest BCUT2D eigenvalue weighted by molar-refractivity contribution is 6.41. The predicted octanol–water partition coefficient (Wildman–Crippen LogP) is 0.984. The van der Waals surface area contributed by atoms with Crippen LogP contribution in [0.3, 0.4) is 0 Å². The number of benzene rings is 2. The van der Waals surface area contributed by atoms with E-state index >= 15 is 0 Å². The molecule has 1 unspecified atom stereocenters. The molecule has 7 heteroatoms. The summed E-state index contributed by atoms with van der Waals surface area (Å²) in [6.07, 6.45) is -0.263. The number of rotatable bonds is 7. The SMILES string of the molecule is Cc1ccc(C(CC(=O)NCB(O)O)NC(=O)c2ccccc2)cc1. The molecule has 0 saturated heterocycles. The van der Waals surface area contributed by atoms with Gasteiger partial charge in [-0.1, -0.05) is 48.0 Å². The normalized spacial score (nSPS) is 11.5. The van der Waals surface area contributed by atoms with E-state index in [4.69, 9.17) is 10.0 Å². The summed E-state index contributed by atoms with van der Waals surface area (Å²) in [5, 5.41) is 23.0. The molecule has 6 nitrogen and oxygen atoms in total. The van der Waals surface area contributed by atoms with Crippen LogP contribution in [0.1, 0.15) is 33.9 Å². The van der Waals surface area contributed by atoms with E-state index in [-0.39, 0.29) is 24.7 Å². The Kier molecular flexibility index (Phi) is 6.74. The Morgan fingerprint density at radius 3 is 2.28 bits per heavy atom. The van der Waals surface area contributed by atoms with Crippen LogP contribution in [0.25, 0.3) is 0 Å². The predicted molar refractivity (Wildman–Crippen MR) is 95.6 cm³/mol. The summed E-state index contributed by atoms with van der Waals surface area (Å²) in [6, 6.07) is 15.8. The van der Waals surface area contributed by atoms with Crippen molar-refractivity contribution in [3.05, 3.63) is 71.3 Å². The highest BCUT2D eigenvalue weighted by Crippen LogP contribution is 2.18. The van der Waals surface area contributed by atoms with Crippen molar-refractivity contribution in [2.45, 2.75) is 19.4 Å². The molecule has 0 spiro atoms. The minimum absolute atomic E-state index is 0.00560. The van der Waals surface area contributed by atoms with Crippen molar-refractivity contribution in [2.75, 3.05) is 6.44 Å². The maximum absolute atomic E-state index is 12.4. The Bertz CT molecular complexity index is 705. The Morgan fingerprint density at radius 2 is 1.68 bits per heavy atom. The summed E-state index contributed by atoms with van der Waals surface area (Å²) in [5.74, 6) is -0.659. The Morgan fingerprint density at radius 1 is 1.04 bits per heavy atom. The molecule has 4 N–H and O–H groups in total. The second-order valence-corrected chi connectivity index (χ2v) is 5.79. The molecule has 0 saturated carbocycles. The molecule has 130 valence electrons. The summed E-state index contributed by atoms with van der Waals surface area (Å²) >= 11 is 0. The third-order valence-electron chi connectivity index (χ3n) is 3.69. The second kappa shape index (κ2) is 9.01. The largest absolute Gasteiger partial charge is 0.472 e. The van der Waals surface area contributed by atoms with Gasteiger partial charge in [0.25, 0.3) is 5.91 Å². The lowest BCUT2D eigenvalue weighted by Crippen LogP contribution is -2.38. The first kappa shape index (κ1) is 18.7. The Hall–Kier alpha value is -2.64. The lowest BCUT2D eigenvalue weighted by molar-refractivity contribution is -0.121. The average molecular weight is 340 g/mol. The molecule has 25 heavy (non-hydrogen) atoms. The molecule has 0 aromatic heterocycles. The Balaban J connectivity index is 2.12. The first-order valence-electron chi connectivity index (χ1n) is 8.01. The minimum atomic E-state index is -1.61. The van der Waals surface area contributed by atoms with Crippen LogP contribution in [0.15, 0.2) is 54.6 Å². The van der Waals surface area contributed by atoms with Crippen molar-refractivity contribution in [2.24, 2.45) is 0 Å². The van der Waals surface area contributed by atoms with Crippen LogP contribution >= 0.6 is 0 Å². The summed E-state index contributed by atoms with van der Waals surface area (Å²) in [5.41, 5.74) is 2.38. The number of nitrogens with one attached hydrogen (secondary N) is 2. The molecule has 0 aliphatic heterocycles. The van der Waals surface area contributed by atoms with E-state index in [1.807, 2.05) is 37.3 Å². The van der Waals surface area contributed by atoms with Crippen molar-refractivity contribution in [3.63, 3.8) is 0 Å². The van der Waals surface area contributed by atoms with Gasteiger partial charge in [-0.3, -0.25) is 9.59 Å². The van der Waals surface area contributed by atoms with E-state index in [2.05, 4.69) is 10.6 Å². The molecule has 0 aliphatic carbocycles. The molecule has 0 heterocycles. The zero-order valence-electron chi connectivity index (χ0n) is 14.0. The lowest BCUT2D eigenvalue weighted by Gasteiger charge is -2.19. The highest BCUT2D eigenvalue weighted by atomic mass is 16.4. The summed E-state index contributed by atoms with van der Waals surface area (Å²) < 4.78 is 0. The fraction of sp³-hybridized carbons (Fsp3) is 0.222. The number of hydrogen-bond donors (Lipinski definition) is 4. The first-order chi connectivity index (χ1) is 12.0. The van der Waals surface area contributed by atoms with Crippen LogP contribution in [-0.4, -0.2) is 35.4 Å². The van der Waals surface area contributed by atoms with Gasteiger partial charge in [-0.15, -0.1) is 0 Å². The van der Waals surface area contributed by atoms with Gasteiger partial charge >= 0.3 is 7.12 Å². The van der Waals surface area contributed by atoms with Crippen molar-refractivity contribution >= 4 is 18.9 Å². The highest BCUT2D eigenvalue weighted by Gasteiger charge is 2.20. The van der Waals surface area contributed by atoms with Gasteiger partial charge < -0.3 is 20.7 Å². The van der Waals surface area contributed by atoms with Gasteiger partial charge in [0, 0.05) is 5.56 Å². The van der Waals surface area contributed by atoms with E-state index in [0.717, 1.165) is 11.1 Å². The van der Waals surface area contributed by atoms with Crippen LogP contribution in [0.2, 0.25) is 0 Å². The van der Waals surface area contributed by atoms with E-state index in [0.29, 0.717) is 5.56 Å². The maximum Gasteiger partial charge on any atom is 0.472 e. The molecule has 0 fully saturated rings. The molecule has 0 radical (unpaired) electrons. The van der Waals surface area contributed by atoms with E-state index in [1.165, 1.54) is 0 Å². The minimum Gasteiger partial charge on any atom is -0.426 e. The molecule has 1 atom stereocenters.